The van der Waals surface area contributed by atoms with Crippen LogP contribution in [0.2, 0.25) is 5.15 Å². The fourth-order valence-corrected chi connectivity index (χ4v) is 1.04. The van der Waals surface area contributed by atoms with Crippen LogP contribution in [0.1, 0.15) is 10.6 Å². The number of aromatic nitrogens is 2. The number of carbonyl (C=O) groups is 1. The highest BCUT2D eigenvalue weighted by molar-refractivity contribution is 6.29. The van der Waals surface area contributed by atoms with Crippen LogP contribution in [0, 0.1) is 0 Å². The van der Waals surface area contributed by atoms with Crippen molar-refractivity contribution in [3.63, 3.8) is 0 Å². The largest absolute Gasteiger partial charge is 0.475 e. The molecule has 0 aliphatic rings. The van der Waals surface area contributed by atoms with Gasteiger partial charge in [-0.05, 0) is 0 Å². The number of aromatic carboxylic acids is 1. The van der Waals surface area contributed by atoms with Gasteiger partial charge in [-0.25, -0.2) is 14.2 Å². The summed E-state index contributed by atoms with van der Waals surface area (Å²) >= 11 is 5.54. The summed E-state index contributed by atoms with van der Waals surface area (Å²) in [5.74, 6) is -1.45. The Bertz CT molecular complexity index is 300. The van der Waals surface area contributed by atoms with E-state index in [-0.39, 0.29) is 17.5 Å². The molecule has 0 spiro atoms. The van der Waals surface area contributed by atoms with Crippen LogP contribution >= 0.6 is 11.6 Å². The summed E-state index contributed by atoms with van der Waals surface area (Å²) in [6.45, 7) is -0.753. The van der Waals surface area contributed by atoms with Crippen molar-refractivity contribution in [1.29, 1.82) is 0 Å². The minimum Gasteiger partial charge on any atom is -0.475 e. The molecule has 1 N–H and O–H groups in total. The summed E-state index contributed by atoms with van der Waals surface area (Å²) in [4.78, 5) is 13.9. The van der Waals surface area contributed by atoms with E-state index in [0.717, 1.165) is 4.57 Å². The molecule has 1 heterocycles. The van der Waals surface area contributed by atoms with Gasteiger partial charge in [0.1, 0.15) is 11.8 Å². The predicted molar refractivity (Wildman–Crippen MR) is 40.2 cm³/mol. The van der Waals surface area contributed by atoms with Gasteiger partial charge in [-0.1, -0.05) is 11.6 Å². The number of halogens is 2. The number of rotatable bonds is 3. The van der Waals surface area contributed by atoms with Gasteiger partial charge in [-0.2, -0.15) is 0 Å². The molecular weight excluding hydrogens is 187 g/mol. The first-order valence-corrected chi connectivity index (χ1v) is 3.55. The summed E-state index contributed by atoms with van der Waals surface area (Å²) in [5.41, 5.74) is 0. The monoisotopic (exact) mass is 192 g/mol. The van der Waals surface area contributed by atoms with Crippen molar-refractivity contribution in [2.24, 2.45) is 0 Å². The molecule has 4 nitrogen and oxygen atoms in total. The molecule has 0 aliphatic heterocycles. The van der Waals surface area contributed by atoms with E-state index in [4.69, 9.17) is 16.7 Å². The average Bonchev–Trinajstić information content (AvgIpc) is 2.34. The second kappa shape index (κ2) is 3.53. The molecule has 6 heteroatoms. The van der Waals surface area contributed by atoms with Crippen molar-refractivity contribution >= 4 is 17.6 Å². The topological polar surface area (TPSA) is 55.1 Å². The Morgan fingerprint density at radius 1 is 1.83 bits per heavy atom. The molecular formula is C6H6ClFN2O2. The van der Waals surface area contributed by atoms with Gasteiger partial charge in [0.15, 0.2) is 0 Å². The molecule has 1 aromatic rings. The van der Waals surface area contributed by atoms with E-state index in [1.165, 1.54) is 6.20 Å². The Hall–Kier alpha value is -1.10. The van der Waals surface area contributed by atoms with Gasteiger partial charge in [0.25, 0.3) is 0 Å². The summed E-state index contributed by atoms with van der Waals surface area (Å²) in [5, 5.41) is 8.67. The number of carboxylic acids is 1. The number of hydrogen-bond donors (Lipinski definition) is 1. The van der Waals surface area contributed by atoms with Gasteiger partial charge in [0.2, 0.25) is 5.82 Å². The van der Waals surface area contributed by atoms with E-state index in [2.05, 4.69) is 4.98 Å². The molecule has 0 saturated carbocycles. The van der Waals surface area contributed by atoms with Crippen LogP contribution in [0.3, 0.4) is 0 Å². The summed E-state index contributed by atoms with van der Waals surface area (Å²) in [6, 6.07) is 0. The van der Waals surface area contributed by atoms with Crippen molar-refractivity contribution in [3.05, 3.63) is 17.2 Å². The molecule has 0 amide bonds. The Balaban J connectivity index is 3.03. The number of alkyl halides is 1. The first kappa shape index (κ1) is 8.99. The molecule has 0 unspecified atom stereocenters. The second-order valence-electron chi connectivity index (χ2n) is 2.05. The van der Waals surface area contributed by atoms with E-state index in [1.807, 2.05) is 0 Å². The van der Waals surface area contributed by atoms with Crippen LogP contribution in [0.4, 0.5) is 4.39 Å². The van der Waals surface area contributed by atoms with Gasteiger partial charge >= 0.3 is 5.97 Å². The summed E-state index contributed by atoms with van der Waals surface area (Å²) < 4.78 is 13.0. The van der Waals surface area contributed by atoms with Crippen LogP contribution in [0.15, 0.2) is 6.20 Å². The minimum atomic E-state index is -1.21. The number of imidazole rings is 1. The maximum Gasteiger partial charge on any atom is 0.372 e. The molecule has 1 aromatic heterocycles. The number of hydrogen-bond acceptors (Lipinski definition) is 2. The summed E-state index contributed by atoms with van der Waals surface area (Å²) in [7, 11) is 0. The Morgan fingerprint density at radius 3 is 3.00 bits per heavy atom. The highest BCUT2D eigenvalue weighted by atomic mass is 35.5. The fourth-order valence-electron chi connectivity index (χ4n) is 0.823. The zero-order valence-electron chi connectivity index (χ0n) is 6.00. The highest BCUT2D eigenvalue weighted by Gasteiger charge is 2.13. The Kier molecular flexibility index (Phi) is 2.65. The second-order valence-corrected chi connectivity index (χ2v) is 2.44. The van der Waals surface area contributed by atoms with Crippen molar-refractivity contribution < 1.29 is 14.3 Å². The molecule has 0 atom stereocenters. The molecule has 0 radical (unpaired) electrons. The molecule has 66 valence electrons. The van der Waals surface area contributed by atoms with Crippen molar-refractivity contribution in [2.45, 2.75) is 6.54 Å². The lowest BCUT2D eigenvalue weighted by Crippen LogP contribution is -2.10. The molecule has 0 aromatic carbocycles. The molecule has 0 bridgehead atoms. The lowest BCUT2D eigenvalue weighted by Gasteiger charge is -2.01. The van der Waals surface area contributed by atoms with Crippen LogP contribution in [0.25, 0.3) is 0 Å². The van der Waals surface area contributed by atoms with E-state index in [1.54, 1.807) is 0 Å². The lowest BCUT2D eigenvalue weighted by molar-refractivity contribution is 0.0677. The Morgan fingerprint density at radius 2 is 2.50 bits per heavy atom. The van der Waals surface area contributed by atoms with Crippen LogP contribution in [-0.2, 0) is 6.54 Å². The first-order chi connectivity index (χ1) is 5.66. The first-order valence-electron chi connectivity index (χ1n) is 3.17. The third-order valence-electron chi connectivity index (χ3n) is 1.31. The minimum absolute atomic E-state index is 0.0829. The van der Waals surface area contributed by atoms with Gasteiger partial charge in [-0.15, -0.1) is 0 Å². The van der Waals surface area contributed by atoms with E-state index in [9.17, 15) is 9.18 Å². The maximum atomic E-state index is 11.9. The van der Waals surface area contributed by atoms with Crippen LogP contribution < -0.4 is 0 Å². The number of nitrogens with zero attached hydrogens (tertiary/aromatic N) is 2. The predicted octanol–water partition coefficient (Wildman–Crippen LogP) is 1.20. The molecule has 1 rings (SSSR count). The van der Waals surface area contributed by atoms with Crippen LogP contribution in [0.5, 0.6) is 0 Å². The van der Waals surface area contributed by atoms with Crippen LogP contribution in [-0.4, -0.2) is 27.3 Å². The van der Waals surface area contributed by atoms with Crippen molar-refractivity contribution in [1.82, 2.24) is 9.55 Å². The zero-order chi connectivity index (χ0) is 9.14. The molecule has 0 aliphatic carbocycles. The third-order valence-corrected chi connectivity index (χ3v) is 1.61. The maximum absolute atomic E-state index is 11.9. The zero-order valence-corrected chi connectivity index (χ0v) is 6.75. The van der Waals surface area contributed by atoms with Gasteiger partial charge in [-0.3, -0.25) is 0 Å². The van der Waals surface area contributed by atoms with Crippen molar-refractivity contribution in [2.75, 3.05) is 6.67 Å². The lowest BCUT2D eigenvalue weighted by atomic mass is 10.6. The number of carboxylic acid groups (broad SMARTS) is 1. The van der Waals surface area contributed by atoms with E-state index >= 15 is 0 Å². The SMILES string of the molecule is O=C(O)c1ncc(Cl)n1CCF. The Labute approximate surface area is 72.6 Å². The quantitative estimate of drug-likeness (QED) is 0.783. The van der Waals surface area contributed by atoms with Gasteiger partial charge in [0.05, 0.1) is 12.7 Å². The van der Waals surface area contributed by atoms with Crippen molar-refractivity contribution in [3.8, 4) is 0 Å². The average molecular weight is 193 g/mol. The third kappa shape index (κ3) is 1.55. The van der Waals surface area contributed by atoms with E-state index in [0.29, 0.717) is 0 Å². The summed E-state index contributed by atoms with van der Waals surface area (Å²) in [6.07, 6.45) is 1.18. The molecule has 12 heavy (non-hydrogen) atoms. The fraction of sp³-hybridized carbons (Fsp3) is 0.333. The standard InChI is InChI=1S/C6H6ClFN2O2/c7-4-3-9-5(6(11)12)10(4)2-1-8/h3H,1-2H2,(H,11,12). The van der Waals surface area contributed by atoms with Gasteiger partial charge < -0.3 is 9.67 Å². The smallest absolute Gasteiger partial charge is 0.372 e. The highest BCUT2D eigenvalue weighted by Crippen LogP contribution is 2.11. The van der Waals surface area contributed by atoms with E-state index < -0.39 is 12.6 Å². The van der Waals surface area contributed by atoms with Gasteiger partial charge in [0, 0.05) is 0 Å². The molecule has 0 fully saturated rings. The molecule has 0 saturated heterocycles. The normalized spacial score (nSPS) is 10.2.